The van der Waals surface area contributed by atoms with Gasteiger partial charge in [-0.1, -0.05) is 0 Å². The Morgan fingerprint density at radius 3 is 2.68 bits per heavy atom. The number of benzene rings is 1. The van der Waals surface area contributed by atoms with Gasteiger partial charge < -0.3 is 9.15 Å². The number of carbonyl (C=O) groups excluding carboxylic acids is 2. The minimum absolute atomic E-state index is 0.0845. The van der Waals surface area contributed by atoms with Crippen LogP contribution in [-0.2, 0) is 0 Å². The minimum Gasteiger partial charge on any atom is -0.457 e. The summed E-state index contributed by atoms with van der Waals surface area (Å²) >= 11 is 0. The highest BCUT2D eigenvalue weighted by atomic mass is 16.6. The van der Waals surface area contributed by atoms with Crippen LogP contribution in [0.25, 0.3) is 0 Å². The number of rotatable bonds is 6. The Morgan fingerprint density at radius 2 is 2.00 bits per heavy atom. The summed E-state index contributed by atoms with van der Waals surface area (Å²) in [6.07, 6.45) is 5.44. The number of amides is 1. The molecule has 0 bridgehead atoms. The number of nitrogens with one attached hydrogen (secondary N) is 1. The van der Waals surface area contributed by atoms with Crippen molar-refractivity contribution in [2.75, 3.05) is 0 Å². The molecule has 140 valence electrons. The Labute approximate surface area is 157 Å². The lowest BCUT2D eigenvalue weighted by atomic mass is 10.2. The van der Waals surface area contributed by atoms with Crippen LogP contribution in [0.5, 0.6) is 5.75 Å². The molecule has 10 heteroatoms. The zero-order chi connectivity index (χ0) is 19.9. The SMILES string of the molecule is O=C(N/N=C/c1ccc(OC(=O)c2ccco2)c([N+](=O)[O-])c1)c1ccncc1. The maximum absolute atomic E-state index is 11.9. The van der Waals surface area contributed by atoms with Crippen LogP contribution in [0.4, 0.5) is 5.69 Å². The Kier molecular flexibility index (Phi) is 5.51. The van der Waals surface area contributed by atoms with E-state index in [9.17, 15) is 19.7 Å². The summed E-state index contributed by atoms with van der Waals surface area (Å²) < 4.78 is 9.91. The first-order chi connectivity index (χ1) is 13.5. The first-order valence-corrected chi connectivity index (χ1v) is 7.82. The van der Waals surface area contributed by atoms with E-state index in [0.29, 0.717) is 11.1 Å². The number of carbonyl (C=O) groups is 2. The first kappa shape index (κ1) is 18.5. The number of nitro benzene ring substituents is 1. The van der Waals surface area contributed by atoms with Crippen molar-refractivity contribution in [1.29, 1.82) is 0 Å². The normalized spacial score (nSPS) is 10.6. The van der Waals surface area contributed by atoms with Crippen molar-refractivity contribution in [2.45, 2.75) is 0 Å². The van der Waals surface area contributed by atoms with Crippen molar-refractivity contribution in [3.05, 3.63) is 88.1 Å². The van der Waals surface area contributed by atoms with E-state index in [1.165, 1.54) is 61.3 Å². The molecule has 1 N–H and O–H groups in total. The average molecular weight is 380 g/mol. The van der Waals surface area contributed by atoms with Gasteiger partial charge in [-0.3, -0.25) is 19.9 Å². The molecule has 28 heavy (non-hydrogen) atoms. The van der Waals surface area contributed by atoms with E-state index in [-0.39, 0.29) is 11.5 Å². The van der Waals surface area contributed by atoms with Crippen molar-refractivity contribution in [1.82, 2.24) is 10.4 Å². The van der Waals surface area contributed by atoms with E-state index in [1.807, 2.05) is 0 Å². The highest BCUT2D eigenvalue weighted by molar-refractivity contribution is 5.94. The fraction of sp³-hybridized carbons (Fsp3) is 0. The molecule has 0 fully saturated rings. The lowest BCUT2D eigenvalue weighted by molar-refractivity contribution is -0.385. The number of aromatic nitrogens is 1. The van der Waals surface area contributed by atoms with Crippen molar-refractivity contribution in [3.8, 4) is 5.75 Å². The van der Waals surface area contributed by atoms with Crippen LogP contribution < -0.4 is 10.2 Å². The standard InChI is InChI=1S/C18H12N4O6/c23-17(13-5-7-19-8-6-13)21-20-11-12-3-4-15(14(10-12)22(25)26)28-18(24)16-2-1-9-27-16/h1-11H,(H,21,23)/b20-11+. The Morgan fingerprint density at radius 1 is 1.21 bits per heavy atom. The molecule has 1 aromatic carbocycles. The monoisotopic (exact) mass is 380 g/mol. The summed E-state index contributed by atoms with van der Waals surface area (Å²) in [5.74, 6) is -1.65. The molecule has 2 heterocycles. The number of nitro groups is 1. The van der Waals surface area contributed by atoms with Crippen LogP contribution >= 0.6 is 0 Å². The van der Waals surface area contributed by atoms with Gasteiger partial charge in [0, 0.05) is 29.6 Å². The third-order valence-electron chi connectivity index (χ3n) is 3.43. The van der Waals surface area contributed by atoms with E-state index in [1.54, 1.807) is 0 Å². The van der Waals surface area contributed by atoms with Crippen LogP contribution in [0.3, 0.4) is 0 Å². The molecule has 0 aliphatic rings. The number of nitrogens with zero attached hydrogens (tertiary/aromatic N) is 3. The van der Waals surface area contributed by atoms with Crippen molar-refractivity contribution in [2.24, 2.45) is 5.10 Å². The van der Waals surface area contributed by atoms with E-state index >= 15 is 0 Å². The lowest BCUT2D eigenvalue weighted by Crippen LogP contribution is -2.17. The van der Waals surface area contributed by atoms with Crippen molar-refractivity contribution < 1.29 is 23.7 Å². The third kappa shape index (κ3) is 4.43. The zero-order valence-corrected chi connectivity index (χ0v) is 14.1. The quantitative estimate of drug-likeness (QED) is 0.228. The largest absolute Gasteiger partial charge is 0.457 e. The van der Waals surface area contributed by atoms with Gasteiger partial charge in [-0.05, 0) is 36.4 Å². The van der Waals surface area contributed by atoms with Gasteiger partial charge >= 0.3 is 11.7 Å². The van der Waals surface area contributed by atoms with Crippen molar-refractivity contribution in [3.63, 3.8) is 0 Å². The second-order valence-electron chi connectivity index (χ2n) is 5.29. The molecule has 0 spiro atoms. The third-order valence-corrected chi connectivity index (χ3v) is 3.43. The molecular formula is C18H12N4O6. The number of hydrazone groups is 1. The molecule has 0 atom stereocenters. The summed E-state index contributed by atoms with van der Waals surface area (Å²) in [5.41, 5.74) is 2.53. The summed E-state index contributed by atoms with van der Waals surface area (Å²) in [5, 5.41) is 15.0. The molecule has 2 aromatic heterocycles. The Balaban J connectivity index is 1.72. The number of hydrogen-bond acceptors (Lipinski definition) is 8. The topological polar surface area (TPSA) is 137 Å². The second-order valence-corrected chi connectivity index (χ2v) is 5.29. The van der Waals surface area contributed by atoms with Gasteiger partial charge in [0.15, 0.2) is 0 Å². The Bertz CT molecular complexity index is 1030. The second kappa shape index (κ2) is 8.36. The van der Waals surface area contributed by atoms with Crippen molar-refractivity contribution >= 4 is 23.8 Å². The van der Waals surface area contributed by atoms with Gasteiger partial charge in [-0.2, -0.15) is 5.10 Å². The van der Waals surface area contributed by atoms with Gasteiger partial charge in [-0.15, -0.1) is 0 Å². The highest BCUT2D eigenvalue weighted by Gasteiger charge is 2.20. The maximum Gasteiger partial charge on any atom is 0.379 e. The van der Waals surface area contributed by atoms with Crippen LogP contribution in [0.1, 0.15) is 26.5 Å². The van der Waals surface area contributed by atoms with Crippen LogP contribution in [0, 0.1) is 10.1 Å². The van der Waals surface area contributed by atoms with Gasteiger partial charge in [0.05, 0.1) is 17.4 Å². The number of hydrogen-bond donors (Lipinski definition) is 1. The van der Waals surface area contributed by atoms with Crippen LogP contribution in [0.15, 0.2) is 70.6 Å². The number of furan rings is 1. The molecule has 3 aromatic rings. The predicted octanol–water partition coefficient (Wildman–Crippen LogP) is 2.57. The fourth-order valence-corrected chi connectivity index (χ4v) is 2.12. The van der Waals surface area contributed by atoms with E-state index in [2.05, 4.69) is 15.5 Å². The summed E-state index contributed by atoms with van der Waals surface area (Å²) in [6, 6.07) is 9.75. The molecule has 0 saturated carbocycles. The molecule has 0 unspecified atom stereocenters. The zero-order valence-electron chi connectivity index (χ0n) is 14.1. The van der Waals surface area contributed by atoms with Gasteiger partial charge in [0.1, 0.15) is 0 Å². The van der Waals surface area contributed by atoms with Gasteiger partial charge in [0.2, 0.25) is 11.5 Å². The van der Waals surface area contributed by atoms with Gasteiger partial charge in [-0.25, -0.2) is 10.2 Å². The van der Waals surface area contributed by atoms with Gasteiger partial charge in [0.25, 0.3) is 5.91 Å². The highest BCUT2D eigenvalue weighted by Crippen LogP contribution is 2.28. The maximum atomic E-state index is 11.9. The molecule has 1 amide bonds. The molecule has 0 aliphatic heterocycles. The fourth-order valence-electron chi connectivity index (χ4n) is 2.12. The molecular weight excluding hydrogens is 368 g/mol. The lowest BCUT2D eigenvalue weighted by Gasteiger charge is -2.04. The molecule has 10 nitrogen and oxygen atoms in total. The Hall–Kier alpha value is -4.34. The molecule has 0 radical (unpaired) electrons. The predicted molar refractivity (Wildman–Crippen MR) is 96.1 cm³/mol. The molecule has 0 saturated heterocycles. The summed E-state index contributed by atoms with van der Waals surface area (Å²) in [4.78, 5) is 38.2. The van der Waals surface area contributed by atoms with E-state index < -0.39 is 22.5 Å². The van der Waals surface area contributed by atoms with Crippen LogP contribution in [-0.4, -0.2) is 28.0 Å². The number of esters is 1. The summed E-state index contributed by atoms with van der Waals surface area (Å²) in [6.45, 7) is 0. The average Bonchev–Trinajstić information content (AvgIpc) is 3.24. The van der Waals surface area contributed by atoms with Crippen LogP contribution in [0.2, 0.25) is 0 Å². The number of ether oxygens (including phenoxy) is 1. The number of pyridine rings is 1. The molecule has 0 aliphatic carbocycles. The minimum atomic E-state index is -0.862. The van der Waals surface area contributed by atoms with E-state index in [4.69, 9.17) is 9.15 Å². The first-order valence-electron chi connectivity index (χ1n) is 7.82. The van der Waals surface area contributed by atoms with E-state index in [0.717, 1.165) is 6.07 Å². The summed E-state index contributed by atoms with van der Waals surface area (Å²) in [7, 11) is 0. The molecule has 3 rings (SSSR count). The smallest absolute Gasteiger partial charge is 0.379 e.